The van der Waals surface area contributed by atoms with Gasteiger partial charge in [0.2, 0.25) is 0 Å². The first-order chi connectivity index (χ1) is 41.2. The highest BCUT2D eigenvalue weighted by molar-refractivity contribution is 6.13. The second-order valence-electron chi connectivity index (χ2n) is 23.0. The van der Waals surface area contributed by atoms with Crippen LogP contribution >= 0.6 is 0 Å². The highest BCUT2D eigenvalue weighted by Gasteiger charge is 2.53. The van der Waals surface area contributed by atoms with Crippen LogP contribution in [0.2, 0.25) is 0 Å². The molecule has 13 aromatic carbocycles. The molecular formula is C80H48N2O. The van der Waals surface area contributed by atoms with E-state index in [1.165, 1.54) is 117 Å². The zero-order valence-corrected chi connectivity index (χ0v) is 45.0. The Bertz CT molecular complexity index is 5220. The Morgan fingerprint density at radius 3 is 1.35 bits per heavy atom. The summed E-state index contributed by atoms with van der Waals surface area (Å²) in [6.07, 6.45) is 0. The molecular weight excluding hydrogens is 1000 g/mol. The summed E-state index contributed by atoms with van der Waals surface area (Å²) in [6.45, 7) is 0. The predicted molar refractivity (Wildman–Crippen MR) is 341 cm³/mol. The number of nitrogens with zero attached hydrogens (tertiary/aromatic N) is 2. The Morgan fingerprint density at radius 1 is 0.265 bits per heavy atom. The summed E-state index contributed by atoms with van der Waals surface area (Å²) in [5, 5.41) is 4.82. The van der Waals surface area contributed by atoms with Gasteiger partial charge < -0.3 is 13.9 Å². The van der Waals surface area contributed by atoms with Gasteiger partial charge in [0, 0.05) is 38.6 Å². The molecule has 1 aliphatic heterocycles. The molecule has 3 aliphatic carbocycles. The summed E-state index contributed by atoms with van der Waals surface area (Å²) >= 11 is 0. The van der Waals surface area contributed by atoms with Crippen molar-refractivity contribution in [1.82, 2.24) is 4.57 Å². The zero-order valence-electron chi connectivity index (χ0n) is 45.0. The van der Waals surface area contributed by atoms with Crippen LogP contribution < -0.4 is 4.90 Å². The van der Waals surface area contributed by atoms with Crippen LogP contribution in [0.25, 0.3) is 105 Å². The lowest BCUT2D eigenvalue weighted by molar-refractivity contribution is 0.669. The number of aromatic nitrogens is 1. The van der Waals surface area contributed by atoms with Crippen molar-refractivity contribution >= 4 is 60.8 Å². The van der Waals surface area contributed by atoms with E-state index in [-0.39, 0.29) is 0 Å². The minimum atomic E-state index is -0.533. The van der Waals surface area contributed by atoms with Crippen LogP contribution in [0.3, 0.4) is 0 Å². The number of fused-ring (bicyclic) bond motifs is 25. The largest absolute Gasteiger partial charge is 0.456 e. The van der Waals surface area contributed by atoms with Crippen molar-refractivity contribution in [3.63, 3.8) is 0 Å². The third kappa shape index (κ3) is 5.78. The van der Waals surface area contributed by atoms with E-state index in [1.807, 2.05) is 12.1 Å². The molecule has 0 amide bonds. The predicted octanol–water partition coefficient (Wildman–Crippen LogP) is 20.5. The number of anilines is 3. The highest BCUT2D eigenvalue weighted by Crippen LogP contribution is 2.64. The Kier molecular flexibility index (Phi) is 8.92. The molecule has 0 bridgehead atoms. The van der Waals surface area contributed by atoms with Gasteiger partial charge in [0.1, 0.15) is 11.2 Å². The van der Waals surface area contributed by atoms with Crippen molar-refractivity contribution < 1.29 is 4.42 Å². The summed E-state index contributed by atoms with van der Waals surface area (Å²) in [5.74, 6) is 0. The second kappa shape index (κ2) is 16.4. The third-order valence-electron chi connectivity index (χ3n) is 19.2. The molecule has 15 aromatic rings. The fourth-order valence-corrected chi connectivity index (χ4v) is 15.9. The van der Waals surface area contributed by atoms with Gasteiger partial charge in [-0.1, -0.05) is 218 Å². The maximum atomic E-state index is 6.25. The highest BCUT2D eigenvalue weighted by atomic mass is 16.3. The van der Waals surface area contributed by atoms with Crippen LogP contribution in [0.15, 0.2) is 296 Å². The maximum absolute atomic E-state index is 6.25. The minimum absolute atomic E-state index is 0.476. The quantitative estimate of drug-likeness (QED) is 0.171. The number of rotatable bonds is 5. The van der Waals surface area contributed by atoms with E-state index in [9.17, 15) is 0 Å². The molecule has 0 radical (unpaired) electrons. The first-order valence-electron chi connectivity index (χ1n) is 28.9. The fraction of sp³-hybridized carbons (Fsp3) is 0.0250. The number of para-hydroxylation sites is 4. The first kappa shape index (κ1) is 45.0. The van der Waals surface area contributed by atoms with Gasteiger partial charge >= 0.3 is 0 Å². The summed E-state index contributed by atoms with van der Waals surface area (Å²) < 4.78 is 8.77. The summed E-state index contributed by atoms with van der Waals surface area (Å²) in [4.78, 5) is 2.46. The molecule has 2 aromatic heterocycles. The molecule has 4 aliphatic rings. The second-order valence-corrected chi connectivity index (χ2v) is 23.0. The molecule has 384 valence electrons. The van der Waals surface area contributed by atoms with E-state index < -0.39 is 10.8 Å². The standard InChI is InChI=1S/C80H48N2O/c1-7-23-66-56(16-1)57-17-2-8-24-67(57)79(66)68-25-9-3-19-59(68)61-44-42-55(48-73(61)79)81(53-38-32-49(33-39-53)51-37-45-77-65(46-51)63-21-6-14-31-76(63)83-77)54-40-34-50(35-41-54)52-36-43-60-58-18-4-10-26-69(58)80(72(60)47-52)70-27-11-13-30-75(70)82-74-29-12-5-20-62(74)64-22-15-28-71(80)78(64)82/h1-48H. The van der Waals surface area contributed by atoms with E-state index in [4.69, 9.17) is 4.42 Å². The first-order valence-corrected chi connectivity index (χ1v) is 28.9. The van der Waals surface area contributed by atoms with Crippen LogP contribution in [0.4, 0.5) is 17.1 Å². The number of hydrogen-bond acceptors (Lipinski definition) is 2. The molecule has 0 saturated carbocycles. The van der Waals surface area contributed by atoms with Gasteiger partial charge in [-0.25, -0.2) is 0 Å². The van der Waals surface area contributed by atoms with Gasteiger partial charge in [-0.05, 0) is 173 Å². The molecule has 19 rings (SSSR count). The van der Waals surface area contributed by atoms with Crippen LogP contribution in [0.5, 0.6) is 0 Å². The fourth-order valence-electron chi connectivity index (χ4n) is 15.9. The summed E-state index contributed by atoms with van der Waals surface area (Å²) in [7, 11) is 0. The van der Waals surface area contributed by atoms with Gasteiger partial charge in [0.05, 0.1) is 27.6 Å². The van der Waals surface area contributed by atoms with E-state index in [2.05, 4.69) is 289 Å². The Labute approximate surface area is 479 Å². The molecule has 0 saturated heterocycles. The molecule has 3 heterocycles. The van der Waals surface area contributed by atoms with Crippen LogP contribution in [-0.4, -0.2) is 4.57 Å². The van der Waals surface area contributed by atoms with E-state index in [0.717, 1.165) is 50.1 Å². The van der Waals surface area contributed by atoms with Gasteiger partial charge in [-0.3, -0.25) is 0 Å². The van der Waals surface area contributed by atoms with Gasteiger partial charge in [0.15, 0.2) is 0 Å². The molecule has 2 spiro atoms. The molecule has 1 unspecified atom stereocenters. The smallest absolute Gasteiger partial charge is 0.135 e. The summed E-state index contributed by atoms with van der Waals surface area (Å²) in [5.41, 5.74) is 30.8. The number of furan rings is 1. The average molecular weight is 1050 g/mol. The zero-order chi connectivity index (χ0) is 54.1. The van der Waals surface area contributed by atoms with Gasteiger partial charge in [-0.15, -0.1) is 0 Å². The van der Waals surface area contributed by atoms with E-state index in [0.29, 0.717) is 0 Å². The molecule has 3 nitrogen and oxygen atoms in total. The lowest BCUT2D eigenvalue weighted by atomic mass is 9.65. The lowest BCUT2D eigenvalue weighted by Gasteiger charge is -2.39. The van der Waals surface area contributed by atoms with E-state index >= 15 is 0 Å². The van der Waals surface area contributed by atoms with Crippen LogP contribution in [0.1, 0.15) is 44.5 Å². The van der Waals surface area contributed by atoms with Gasteiger partial charge in [0.25, 0.3) is 0 Å². The van der Waals surface area contributed by atoms with Crippen molar-refractivity contribution in [1.29, 1.82) is 0 Å². The Hall–Kier alpha value is -10.7. The Morgan fingerprint density at radius 2 is 0.699 bits per heavy atom. The molecule has 3 heteroatoms. The van der Waals surface area contributed by atoms with Crippen molar-refractivity contribution in [2.75, 3.05) is 4.90 Å². The van der Waals surface area contributed by atoms with Crippen molar-refractivity contribution in [2.24, 2.45) is 0 Å². The van der Waals surface area contributed by atoms with Crippen molar-refractivity contribution in [3.8, 4) is 61.3 Å². The maximum Gasteiger partial charge on any atom is 0.135 e. The molecule has 83 heavy (non-hydrogen) atoms. The molecule has 0 fully saturated rings. The minimum Gasteiger partial charge on any atom is -0.456 e. The van der Waals surface area contributed by atoms with Gasteiger partial charge in [-0.2, -0.15) is 0 Å². The Balaban J connectivity index is 0.783. The van der Waals surface area contributed by atoms with Crippen LogP contribution in [0, 0.1) is 0 Å². The van der Waals surface area contributed by atoms with Crippen LogP contribution in [-0.2, 0) is 10.8 Å². The summed E-state index contributed by atoms with van der Waals surface area (Å²) in [6, 6.07) is 109. The van der Waals surface area contributed by atoms with Crippen molar-refractivity contribution in [2.45, 2.75) is 10.8 Å². The van der Waals surface area contributed by atoms with E-state index in [1.54, 1.807) is 0 Å². The number of benzene rings is 13. The molecule has 0 N–H and O–H groups in total. The number of hydrogen-bond donors (Lipinski definition) is 0. The van der Waals surface area contributed by atoms with Crippen molar-refractivity contribution in [3.05, 3.63) is 336 Å². The lowest BCUT2D eigenvalue weighted by Crippen LogP contribution is -2.33. The average Bonchev–Trinajstić information content (AvgIpc) is 1.81. The third-order valence-corrected chi connectivity index (χ3v) is 19.2. The SMILES string of the molecule is c1ccc2c(c1)-c1ccccc1C21c2ccccc2-c2ccc(N(c3ccc(-c4ccc5c(c4)C4(c6ccccc6-5)c5ccccc5-n5c6ccccc6c6cccc4c65)cc3)c3ccc(-c4ccc5oc6ccccc6c5c4)cc3)cc21. The molecule has 1 atom stereocenters. The normalized spacial score (nSPS) is 15.1. The topological polar surface area (TPSA) is 21.3 Å². The monoisotopic (exact) mass is 1050 g/mol.